The Morgan fingerprint density at radius 3 is 2.46 bits per heavy atom. The second-order valence-electron chi connectivity index (χ2n) is 5.71. The summed E-state index contributed by atoms with van der Waals surface area (Å²) < 4.78 is 65.5. The first-order chi connectivity index (χ1) is 12.7. The lowest BCUT2D eigenvalue weighted by Crippen LogP contribution is -2.54. The zero-order chi connectivity index (χ0) is 21.5. The predicted octanol–water partition coefficient (Wildman–Crippen LogP) is 2.70. The van der Waals surface area contributed by atoms with Crippen molar-refractivity contribution in [2.75, 3.05) is 4.90 Å². The molecule has 152 valence electrons. The van der Waals surface area contributed by atoms with Gasteiger partial charge < -0.3 is 15.7 Å². The molecule has 1 aromatic carbocycles. The van der Waals surface area contributed by atoms with E-state index in [-0.39, 0.29) is 28.3 Å². The van der Waals surface area contributed by atoms with E-state index in [0.717, 1.165) is 17.0 Å². The summed E-state index contributed by atoms with van der Waals surface area (Å²) in [6.07, 6.45) is 0. The van der Waals surface area contributed by atoms with Gasteiger partial charge in [0.05, 0.1) is 16.4 Å². The van der Waals surface area contributed by atoms with Gasteiger partial charge in [-0.25, -0.2) is 4.99 Å². The van der Waals surface area contributed by atoms with E-state index in [2.05, 4.69) is 24.2 Å². The van der Waals surface area contributed by atoms with Crippen molar-refractivity contribution < 1.29 is 25.8 Å². The molecule has 0 aliphatic carbocycles. The number of nitrogens with two attached hydrogens (primary N) is 2. The number of anilines is 1. The van der Waals surface area contributed by atoms with Crippen molar-refractivity contribution in [3.05, 3.63) is 27.6 Å². The maximum atomic E-state index is 12.8. The number of hydrogen-bond acceptors (Lipinski definition) is 9. The Bertz CT molecular complexity index is 1030. The van der Waals surface area contributed by atoms with Gasteiger partial charge in [0.1, 0.15) is 5.66 Å². The number of benzene rings is 1. The normalized spacial score (nSPS) is 16.7. The van der Waals surface area contributed by atoms with Crippen LogP contribution in [0.5, 0.6) is 5.75 Å². The van der Waals surface area contributed by atoms with Crippen molar-refractivity contribution in [2.45, 2.75) is 25.0 Å². The van der Waals surface area contributed by atoms with E-state index < -0.39 is 27.0 Å². The smallest absolute Gasteiger partial charge is 0.374 e. The second kappa shape index (κ2) is 6.92. The molecule has 0 unspecified atom stereocenters. The molecule has 1 aliphatic rings. The first kappa shape index (κ1) is 21.4. The molecule has 1 aromatic rings. The number of halogens is 4. The molecular weight excluding hydrogens is 429 g/mol. The van der Waals surface area contributed by atoms with Crippen LogP contribution in [0.4, 0.5) is 24.5 Å². The van der Waals surface area contributed by atoms with Crippen LogP contribution in [0.2, 0.25) is 5.02 Å². The number of hydrogen-bond donors (Lipinski definition) is 2. The van der Waals surface area contributed by atoms with Gasteiger partial charge in [-0.2, -0.15) is 26.6 Å². The third kappa shape index (κ3) is 4.00. The van der Waals surface area contributed by atoms with Gasteiger partial charge >= 0.3 is 15.6 Å². The molecule has 0 atom stereocenters. The molecule has 0 spiro atoms. The third-order valence-corrected chi connectivity index (χ3v) is 4.57. The van der Waals surface area contributed by atoms with Gasteiger partial charge in [-0.15, -0.1) is 0 Å². The summed E-state index contributed by atoms with van der Waals surface area (Å²) in [5, 5.41) is 2.92. The van der Waals surface area contributed by atoms with Crippen LogP contribution in [-0.4, -0.2) is 31.5 Å². The Hall–Kier alpha value is -2.90. The Morgan fingerprint density at radius 1 is 1.36 bits per heavy atom. The maximum absolute atomic E-state index is 12.8. The number of nitrogens with zero attached hydrogens (tertiary/aromatic N) is 6. The van der Waals surface area contributed by atoms with Gasteiger partial charge in [0.2, 0.25) is 11.9 Å². The monoisotopic (exact) mass is 440 g/mol. The first-order valence-electron chi connectivity index (χ1n) is 7.09. The SMILES string of the molecule is CC1(C)N=C(N)N=C(N)N1c1cc(N=[N+]=[N-])c(Cl)cc1OS(=O)(=O)C(F)(F)F. The standard InChI is InChI=1S/C12H12ClF3N8O3S/c1-11(2)21-9(17)20-10(18)24(11)7-4-6(22-23-19)5(13)3-8(7)27-28(25,26)12(14,15)16/h3-4H,1-2H3,(H4,17,18,20,21). The van der Waals surface area contributed by atoms with E-state index >= 15 is 0 Å². The zero-order valence-corrected chi connectivity index (χ0v) is 15.7. The van der Waals surface area contributed by atoms with Crippen molar-refractivity contribution >= 4 is 45.0 Å². The minimum absolute atomic E-state index is 0.214. The van der Waals surface area contributed by atoms with Gasteiger partial charge in [0, 0.05) is 11.0 Å². The van der Waals surface area contributed by atoms with Crippen LogP contribution in [0.25, 0.3) is 10.4 Å². The Morgan fingerprint density at radius 2 is 1.96 bits per heavy atom. The van der Waals surface area contributed by atoms with Crippen LogP contribution < -0.4 is 20.6 Å². The summed E-state index contributed by atoms with van der Waals surface area (Å²) in [5.41, 5.74) is 12.3. The molecule has 0 radical (unpaired) electrons. The van der Waals surface area contributed by atoms with Gasteiger partial charge in [-0.3, -0.25) is 4.90 Å². The average molecular weight is 441 g/mol. The van der Waals surface area contributed by atoms with E-state index in [4.69, 9.17) is 28.6 Å². The molecule has 0 saturated heterocycles. The van der Waals surface area contributed by atoms with Crippen molar-refractivity contribution in [3.8, 4) is 5.75 Å². The second-order valence-corrected chi connectivity index (χ2v) is 7.66. The molecule has 4 N–H and O–H groups in total. The average Bonchev–Trinajstić information content (AvgIpc) is 2.48. The fourth-order valence-electron chi connectivity index (χ4n) is 2.29. The minimum Gasteiger partial charge on any atom is -0.374 e. The highest BCUT2D eigenvalue weighted by molar-refractivity contribution is 7.88. The van der Waals surface area contributed by atoms with Crippen molar-refractivity contribution in [2.24, 2.45) is 26.6 Å². The van der Waals surface area contributed by atoms with Crippen LogP contribution in [0.15, 0.2) is 27.2 Å². The highest BCUT2D eigenvalue weighted by atomic mass is 35.5. The van der Waals surface area contributed by atoms with E-state index in [9.17, 15) is 21.6 Å². The molecule has 0 aromatic heterocycles. The molecule has 0 bridgehead atoms. The third-order valence-electron chi connectivity index (χ3n) is 3.30. The van der Waals surface area contributed by atoms with E-state index in [1.807, 2.05) is 0 Å². The molecule has 16 heteroatoms. The summed E-state index contributed by atoms with van der Waals surface area (Å²) in [6, 6.07) is 1.71. The summed E-state index contributed by atoms with van der Waals surface area (Å²) in [7, 11) is -6.05. The van der Waals surface area contributed by atoms with Gasteiger partial charge in [-0.1, -0.05) is 16.7 Å². The molecule has 1 heterocycles. The van der Waals surface area contributed by atoms with Crippen LogP contribution in [0.3, 0.4) is 0 Å². The number of guanidine groups is 2. The molecular formula is C12H12ClF3N8O3S. The number of azide groups is 1. The molecule has 0 amide bonds. The lowest BCUT2D eigenvalue weighted by atomic mass is 10.1. The summed E-state index contributed by atoms with van der Waals surface area (Å²) in [6.45, 7) is 2.93. The highest BCUT2D eigenvalue weighted by Gasteiger charge is 2.49. The highest BCUT2D eigenvalue weighted by Crippen LogP contribution is 2.43. The topological polar surface area (TPSA) is 172 Å². The van der Waals surface area contributed by atoms with E-state index in [1.54, 1.807) is 0 Å². The molecule has 0 saturated carbocycles. The van der Waals surface area contributed by atoms with E-state index in [0.29, 0.717) is 0 Å². The summed E-state index contributed by atoms with van der Waals surface area (Å²) in [4.78, 5) is 11.3. The largest absolute Gasteiger partial charge is 0.534 e. The number of aliphatic imine (C=N–C) groups is 2. The molecule has 11 nitrogen and oxygen atoms in total. The van der Waals surface area contributed by atoms with E-state index in [1.165, 1.54) is 13.8 Å². The van der Waals surface area contributed by atoms with Gasteiger partial charge in [0.15, 0.2) is 5.75 Å². The van der Waals surface area contributed by atoms with Crippen LogP contribution in [0, 0.1) is 0 Å². The minimum atomic E-state index is -6.05. The Kier molecular flexibility index (Phi) is 5.29. The van der Waals surface area contributed by atoms with Crippen molar-refractivity contribution in [1.82, 2.24) is 0 Å². The summed E-state index contributed by atoms with van der Waals surface area (Å²) in [5.74, 6) is -1.39. The fraction of sp³-hybridized carbons (Fsp3) is 0.333. The maximum Gasteiger partial charge on any atom is 0.534 e. The van der Waals surface area contributed by atoms with Crippen LogP contribution in [0.1, 0.15) is 13.8 Å². The van der Waals surface area contributed by atoms with Gasteiger partial charge in [-0.05, 0) is 25.4 Å². The Labute approximate surface area is 161 Å². The lowest BCUT2D eigenvalue weighted by molar-refractivity contribution is -0.0499. The van der Waals surface area contributed by atoms with Gasteiger partial charge in [0.25, 0.3) is 0 Å². The summed E-state index contributed by atoms with van der Waals surface area (Å²) >= 11 is 5.84. The number of rotatable bonds is 4. The van der Waals surface area contributed by atoms with Crippen LogP contribution >= 0.6 is 11.6 Å². The molecule has 1 aliphatic heterocycles. The quantitative estimate of drug-likeness (QED) is 0.239. The predicted molar refractivity (Wildman–Crippen MR) is 95.7 cm³/mol. The lowest BCUT2D eigenvalue weighted by Gasteiger charge is -2.39. The van der Waals surface area contributed by atoms with Crippen LogP contribution in [-0.2, 0) is 10.1 Å². The zero-order valence-electron chi connectivity index (χ0n) is 14.1. The molecule has 2 rings (SSSR count). The first-order valence-corrected chi connectivity index (χ1v) is 8.87. The Balaban J connectivity index is 2.76. The van der Waals surface area contributed by atoms with Crippen molar-refractivity contribution in [3.63, 3.8) is 0 Å². The van der Waals surface area contributed by atoms with Crippen molar-refractivity contribution in [1.29, 1.82) is 0 Å². The molecule has 28 heavy (non-hydrogen) atoms. The number of alkyl halides is 3. The fourth-order valence-corrected chi connectivity index (χ4v) is 2.94. The molecule has 0 fully saturated rings.